The molecule has 36 heavy (non-hydrogen) atoms. The number of H-pyrrole nitrogens is 1. The molecule has 5 nitrogen and oxygen atoms in total. The molecule has 0 aliphatic carbocycles. The molecular formula is C30H36ClN5. The lowest BCUT2D eigenvalue weighted by Gasteiger charge is -2.25. The van der Waals surface area contributed by atoms with Crippen molar-refractivity contribution in [1.82, 2.24) is 19.4 Å². The van der Waals surface area contributed by atoms with Crippen LogP contribution in [0.2, 0.25) is 5.15 Å². The van der Waals surface area contributed by atoms with Gasteiger partial charge in [-0.1, -0.05) is 74.7 Å². The lowest BCUT2D eigenvalue weighted by Crippen LogP contribution is -2.26. The molecule has 6 heteroatoms. The van der Waals surface area contributed by atoms with Crippen molar-refractivity contribution in [2.24, 2.45) is 5.92 Å². The first-order chi connectivity index (χ1) is 17.4. The van der Waals surface area contributed by atoms with Crippen LogP contribution in [0.15, 0.2) is 48.7 Å². The molecule has 0 bridgehead atoms. The van der Waals surface area contributed by atoms with E-state index in [1.807, 2.05) is 0 Å². The molecule has 0 aliphatic heterocycles. The SMILES string of the molecule is CCCCn1c(-c2ccc(C)cc2)nc(Cl)c1CN(CCC(C)C)Cc1ccc2[nH]cc(C#N)c2c1. The van der Waals surface area contributed by atoms with E-state index < -0.39 is 0 Å². The standard InChI is InChI=1S/C30H36ClN5/c1-5-6-14-36-28(29(31)34-30(36)24-10-7-22(4)8-11-24)20-35(15-13-21(2)3)19-23-9-12-27-26(16-23)25(17-32)18-33-27/h7-12,16,18,21,33H,5-6,13-15,19-20H2,1-4H3. The second-order valence-electron chi connectivity index (χ2n) is 10.1. The third-order valence-electron chi connectivity index (χ3n) is 6.74. The molecule has 2 heterocycles. The van der Waals surface area contributed by atoms with Crippen molar-refractivity contribution in [2.45, 2.75) is 66.6 Å². The monoisotopic (exact) mass is 501 g/mol. The van der Waals surface area contributed by atoms with Crippen LogP contribution >= 0.6 is 11.6 Å². The summed E-state index contributed by atoms with van der Waals surface area (Å²) in [5.74, 6) is 1.55. The van der Waals surface area contributed by atoms with Gasteiger partial charge in [0.2, 0.25) is 0 Å². The summed E-state index contributed by atoms with van der Waals surface area (Å²) in [7, 11) is 0. The van der Waals surface area contributed by atoms with E-state index in [2.05, 4.69) is 90.7 Å². The summed E-state index contributed by atoms with van der Waals surface area (Å²) in [6.45, 7) is 12.2. The number of aromatic amines is 1. The fourth-order valence-corrected chi connectivity index (χ4v) is 4.81. The number of fused-ring (bicyclic) bond motifs is 1. The van der Waals surface area contributed by atoms with Crippen LogP contribution in [0.25, 0.3) is 22.3 Å². The number of halogens is 1. The van der Waals surface area contributed by atoms with E-state index in [1.54, 1.807) is 6.20 Å². The molecule has 2 aromatic heterocycles. The van der Waals surface area contributed by atoms with Crippen molar-refractivity contribution in [3.63, 3.8) is 0 Å². The van der Waals surface area contributed by atoms with Crippen LogP contribution in [-0.4, -0.2) is 26.0 Å². The Kier molecular flexibility index (Phi) is 8.51. The van der Waals surface area contributed by atoms with E-state index in [-0.39, 0.29) is 0 Å². The van der Waals surface area contributed by atoms with Crippen molar-refractivity contribution in [3.8, 4) is 17.5 Å². The Morgan fingerprint density at radius 2 is 1.92 bits per heavy atom. The van der Waals surface area contributed by atoms with Crippen LogP contribution in [0.5, 0.6) is 0 Å². The molecule has 0 radical (unpaired) electrons. The van der Waals surface area contributed by atoms with Gasteiger partial charge in [-0.15, -0.1) is 0 Å². The number of aromatic nitrogens is 3. The number of nitriles is 1. The third kappa shape index (κ3) is 6.00. The van der Waals surface area contributed by atoms with Gasteiger partial charge in [-0.2, -0.15) is 5.26 Å². The molecule has 0 aliphatic rings. The second-order valence-corrected chi connectivity index (χ2v) is 10.5. The second kappa shape index (κ2) is 11.8. The zero-order chi connectivity index (χ0) is 25.7. The van der Waals surface area contributed by atoms with Crippen molar-refractivity contribution in [2.75, 3.05) is 6.54 Å². The van der Waals surface area contributed by atoms with Gasteiger partial charge in [0.05, 0.1) is 11.3 Å². The molecule has 0 unspecified atom stereocenters. The highest BCUT2D eigenvalue weighted by molar-refractivity contribution is 6.30. The minimum absolute atomic E-state index is 0.587. The maximum atomic E-state index is 9.48. The Labute approximate surface area is 219 Å². The Hall–Kier alpha value is -3.07. The summed E-state index contributed by atoms with van der Waals surface area (Å²) in [5, 5.41) is 11.0. The number of nitrogens with zero attached hydrogens (tertiary/aromatic N) is 4. The van der Waals surface area contributed by atoms with E-state index in [4.69, 9.17) is 16.6 Å². The molecule has 188 valence electrons. The predicted molar refractivity (Wildman–Crippen MR) is 149 cm³/mol. The average molecular weight is 502 g/mol. The van der Waals surface area contributed by atoms with Gasteiger partial charge in [-0.05, 0) is 49.9 Å². The van der Waals surface area contributed by atoms with Gasteiger partial charge in [-0.25, -0.2) is 4.98 Å². The molecule has 1 N–H and O–H groups in total. The Morgan fingerprint density at radius 1 is 1.14 bits per heavy atom. The summed E-state index contributed by atoms with van der Waals surface area (Å²) in [5.41, 5.74) is 6.27. The van der Waals surface area contributed by atoms with Crippen LogP contribution in [0, 0.1) is 24.2 Å². The van der Waals surface area contributed by atoms with Gasteiger partial charge < -0.3 is 9.55 Å². The van der Waals surface area contributed by atoms with E-state index in [0.717, 1.165) is 73.4 Å². The fraction of sp³-hybridized carbons (Fsp3) is 0.400. The lowest BCUT2D eigenvalue weighted by atomic mass is 10.1. The molecule has 4 rings (SSSR count). The maximum absolute atomic E-state index is 9.48. The summed E-state index contributed by atoms with van der Waals surface area (Å²) < 4.78 is 2.32. The van der Waals surface area contributed by atoms with Crippen LogP contribution < -0.4 is 0 Å². The minimum atomic E-state index is 0.587. The largest absolute Gasteiger partial charge is 0.360 e. The van der Waals surface area contributed by atoms with Gasteiger partial charge in [-0.3, -0.25) is 4.90 Å². The summed E-state index contributed by atoms with van der Waals surface area (Å²) in [4.78, 5) is 10.5. The zero-order valence-corrected chi connectivity index (χ0v) is 22.6. The quantitative estimate of drug-likeness (QED) is 0.229. The molecule has 0 saturated carbocycles. The molecule has 2 aromatic carbocycles. The van der Waals surface area contributed by atoms with Gasteiger partial charge in [0.15, 0.2) is 5.15 Å². The van der Waals surface area contributed by atoms with Crippen LogP contribution in [-0.2, 0) is 19.6 Å². The first-order valence-corrected chi connectivity index (χ1v) is 13.3. The first-order valence-electron chi connectivity index (χ1n) is 12.9. The van der Waals surface area contributed by atoms with Crippen molar-refractivity contribution in [3.05, 3.63) is 76.2 Å². The van der Waals surface area contributed by atoms with Gasteiger partial charge in [0.1, 0.15) is 11.9 Å². The Morgan fingerprint density at radius 3 is 2.61 bits per heavy atom. The highest BCUT2D eigenvalue weighted by Crippen LogP contribution is 2.29. The normalized spacial score (nSPS) is 11.6. The number of hydrogen-bond acceptors (Lipinski definition) is 3. The topological polar surface area (TPSA) is 60.6 Å². The van der Waals surface area contributed by atoms with Gasteiger partial charge in [0.25, 0.3) is 0 Å². The summed E-state index contributed by atoms with van der Waals surface area (Å²) in [6, 6.07) is 17.2. The number of nitrogens with one attached hydrogen (secondary N) is 1. The number of hydrogen-bond donors (Lipinski definition) is 1. The molecule has 0 amide bonds. The van der Waals surface area contributed by atoms with Gasteiger partial charge >= 0.3 is 0 Å². The third-order valence-corrected chi connectivity index (χ3v) is 7.04. The number of unbranched alkanes of at least 4 members (excludes halogenated alkanes) is 1. The van der Waals surface area contributed by atoms with E-state index in [0.29, 0.717) is 16.6 Å². The average Bonchev–Trinajstić information content (AvgIpc) is 3.41. The number of aryl methyl sites for hydroxylation is 1. The molecule has 0 saturated heterocycles. The number of imidazole rings is 1. The lowest BCUT2D eigenvalue weighted by molar-refractivity contribution is 0.235. The molecule has 4 aromatic rings. The predicted octanol–water partition coefficient (Wildman–Crippen LogP) is 7.71. The Bertz CT molecular complexity index is 1340. The first kappa shape index (κ1) is 26.0. The fourth-order valence-electron chi connectivity index (χ4n) is 4.57. The van der Waals surface area contributed by atoms with Crippen LogP contribution in [0.4, 0.5) is 0 Å². The zero-order valence-electron chi connectivity index (χ0n) is 21.8. The van der Waals surface area contributed by atoms with E-state index in [1.165, 1.54) is 11.1 Å². The van der Waals surface area contributed by atoms with Crippen molar-refractivity contribution < 1.29 is 0 Å². The molecule has 0 fully saturated rings. The highest BCUT2D eigenvalue weighted by atomic mass is 35.5. The van der Waals surface area contributed by atoms with Crippen LogP contribution in [0.3, 0.4) is 0 Å². The summed E-state index contributed by atoms with van der Waals surface area (Å²) >= 11 is 6.82. The van der Waals surface area contributed by atoms with E-state index >= 15 is 0 Å². The van der Waals surface area contributed by atoms with Crippen LogP contribution in [0.1, 0.15) is 62.4 Å². The highest BCUT2D eigenvalue weighted by Gasteiger charge is 2.20. The van der Waals surface area contributed by atoms with E-state index in [9.17, 15) is 5.26 Å². The molecule has 0 spiro atoms. The Balaban J connectivity index is 1.67. The number of benzene rings is 2. The number of rotatable bonds is 11. The summed E-state index contributed by atoms with van der Waals surface area (Å²) in [6.07, 6.45) is 5.06. The molecule has 0 atom stereocenters. The smallest absolute Gasteiger partial charge is 0.152 e. The minimum Gasteiger partial charge on any atom is -0.360 e. The van der Waals surface area contributed by atoms with Crippen molar-refractivity contribution >= 4 is 22.5 Å². The maximum Gasteiger partial charge on any atom is 0.152 e. The van der Waals surface area contributed by atoms with Gasteiger partial charge in [0, 0.05) is 42.3 Å². The van der Waals surface area contributed by atoms with Crippen molar-refractivity contribution in [1.29, 1.82) is 5.26 Å². The molecular weight excluding hydrogens is 466 g/mol.